The quantitative estimate of drug-likeness (QED) is 0.630. The minimum Gasteiger partial charge on any atom is -0.484 e. The highest BCUT2D eigenvalue weighted by atomic mass is 79.9. The van der Waals surface area contributed by atoms with Crippen molar-refractivity contribution in [1.82, 2.24) is 10.2 Å². The summed E-state index contributed by atoms with van der Waals surface area (Å²) in [5.74, 6) is 0.248. The van der Waals surface area contributed by atoms with Crippen molar-refractivity contribution >= 4 is 27.7 Å². The van der Waals surface area contributed by atoms with Gasteiger partial charge in [0.1, 0.15) is 11.8 Å². The van der Waals surface area contributed by atoms with Crippen LogP contribution in [0.1, 0.15) is 31.4 Å². The third-order valence-electron chi connectivity index (χ3n) is 4.51. The van der Waals surface area contributed by atoms with Gasteiger partial charge in [-0.1, -0.05) is 47.1 Å². The van der Waals surface area contributed by atoms with Gasteiger partial charge in [-0.15, -0.1) is 0 Å². The molecule has 0 aromatic heterocycles. The summed E-state index contributed by atoms with van der Waals surface area (Å²) in [5, 5.41) is 2.83. The van der Waals surface area contributed by atoms with Crippen molar-refractivity contribution in [2.24, 2.45) is 0 Å². The lowest BCUT2D eigenvalue weighted by Crippen LogP contribution is -2.50. The van der Waals surface area contributed by atoms with E-state index in [0.29, 0.717) is 25.3 Å². The molecule has 0 heterocycles. The molecule has 150 valence electrons. The van der Waals surface area contributed by atoms with Gasteiger partial charge < -0.3 is 15.0 Å². The molecule has 0 saturated carbocycles. The largest absolute Gasteiger partial charge is 0.484 e. The fraction of sp³-hybridized carbons (Fsp3) is 0.364. The zero-order valence-electron chi connectivity index (χ0n) is 16.6. The summed E-state index contributed by atoms with van der Waals surface area (Å²) >= 11 is 3.38. The molecule has 0 fully saturated rings. The average molecular weight is 447 g/mol. The topological polar surface area (TPSA) is 58.6 Å². The van der Waals surface area contributed by atoms with E-state index >= 15 is 0 Å². The van der Waals surface area contributed by atoms with Gasteiger partial charge in [0.2, 0.25) is 5.91 Å². The van der Waals surface area contributed by atoms with E-state index in [4.69, 9.17) is 4.74 Å². The number of nitrogens with zero attached hydrogens (tertiary/aromatic N) is 1. The number of aryl methyl sites for hydroxylation is 1. The molecule has 0 bridgehead atoms. The smallest absolute Gasteiger partial charge is 0.261 e. The minimum atomic E-state index is -0.541. The average Bonchev–Trinajstić information content (AvgIpc) is 2.69. The van der Waals surface area contributed by atoms with Crippen molar-refractivity contribution in [3.63, 3.8) is 0 Å². The SMILES string of the molecule is CCNC(=O)C(CC)N(Cc1ccccc1C)C(=O)COc1ccc(Br)cc1. The molecule has 0 radical (unpaired) electrons. The third kappa shape index (κ3) is 6.09. The number of hydrogen-bond donors (Lipinski definition) is 1. The number of rotatable bonds is 9. The highest BCUT2D eigenvalue weighted by Crippen LogP contribution is 2.18. The minimum absolute atomic E-state index is 0.122. The molecule has 0 spiro atoms. The summed E-state index contributed by atoms with van der Waals surface area (Å²) in [6.07, 6.45) is 0.530. The van der Waals surface area contributed by atoms with Gasteiger partial charge in [0.15, 0.2) is 6.61 Å². The van der Waals surface area contributed by atoms with Crippen LogP contribution in [0.2, 0.25) is 0 Å². The Kier molecular flexibility index (Phi) is 8.51. The molecule has 0 saturated heterocycles. The first-order valence-electron chi connectivity index (χ1n) is 9.46. The summed E-state index contributed by atoms with van der Waals surface area (Å²) in [4.78, 5) is 27.2. The normalized spacial score (nSPS) is 11.6. The molecule has 6 heteroatoms. The second-order valence-electron chi connectivity index (χ2n) is 6.51. The molecule has 0 aliphatic rings. The number of carbonyl (C=O) groups is 2. The second-order valence-corrected chi connectivity index (χ2v) is 7.43. The van der Waals surface area contributed by atoms with Crippen molar-refractivity contribution < 1.29 is 14.3 Å². The molecule has 5 nitrogen and oxygen atoms in total. The van der Waals surface area contributed by atoms with Crippen LogP contribution in [0.5, 0.6) is 5.75 Å². The molecule has 1 atom stereocenters. The van der Waals surface area contributed by atoms with Crippen LogP contribution in [0.25, 0.3) is 0 Å². The van der Waals surface area contributed by atoms with Crippen molar-refractivity contribution in [3.05, 3.63) is 64.1 Å². The van der Waals surface area contributed by atoms with Crippen LogP contribution in [0.15, 0.2) is 53.0 Å². The van der Waals surface area contributed by atoms with E-state index in [1.165, 1.54) is 0 Å². The Morgan fingerprint density at radius 2 is 1.79 bits per heavy atom. The third-order valence-corrected chi connectivity index (χ3v) is 5.04. The molecule has 0 aliphatic carbocycles. The lowest BCUT2D eigenvalue weighted by Gasteiger charge is -2.31. The fourth-order valence-corrected chi connectivity index (χ4v) is 3.21. The van der Waals surface area contributed by atoms with Crippen molar-refractivity contribution in [1.29, 1.82) is 0 Å². The first-order chi connectivity index (χ1) is 13.5. The summed E-state index contributed by atoms with van der Waals surface area (Å²) in [6.45, 7) is 6.55. The summed E-state index contributed by atoms with van der Waals surface area (Å²) in [5.41, 5.74) is 2.10. The first-order valence-corrected chi connectivity index (χ1v) is 10.3. The number of benzene rings is 2. The maximum atomic E-state index is 13.0. The van der Waals surface area contributed by atoms with E-state index in [1.54, 1.807) is 17.0 Å². The second kappa shape index (κ2) is 10.9. The first kappa shape index (κ1) is 22.0. The summed E-state index contributed by atoms with van der Waals surface area (Å²) in [6, 6.07) is 14.6. The molecule has 2 aromatic carbocycles. The van der Waals surface area contributed by atoms with Crippen LogP contribution >= 0.6 is 15.9 Å². The molecular formula is C22H27BrN2O3. The van der Waals surface area contributed by atoms with E-state index in [1.807, 2.05) is 57.2 Å². The summed E-state index contributed by atoms with van der Waals surface area (Å²) in [7, 11) is 0. The van der Waals surface area contributed by atoms with Crippen molar-refractivity contribution in [2.75, 3.05) is 13.2 Å². The van der Waals surface area contributed by atoms with Gasteiger partial charge in [0.05, 0.1) is 0 Å². The number of ether oxygens (including phenoxy) is 1. The molecule has 28 heavy (non-hydrogen) atoms. The van der Waals surface area contributed by atoms with E-state index in [9.17, 15) is 9.59 Å². The number of amides is 2. The monoisotopic (exact) mass is 446 g/mol. The van der Waals surface area contributed by atoms with Crippen LogP contribution < -0.4 is 10.1 Å². The molecule has 1 N–H and O–H groups in total. The predicted octanol–water partition coefficient (Wildman–Crippen LogP) is 4.08. The van der Waals surface area contributed by atoms with Gasteiger partial charge in [-0.2, -0.15) is 0 Å². The van der Waals surface area contributed by atoms with Crippen LogP contribution in [-0.4, -0.2) is 35.9 Å². The molecule has 1 unspecified atom stereocenters. The Hall–Kier alpha value is -2.34. The highest BCUT2D eigenvalue weighted by Gasteiger charge is 2.28. The van der Waals surface area contributed by atoms with Crippen LogP contribution in [0, 0.1) is 6.92 Å². The van der Waals surface area contributed by atoms with E-state index < -0.39 is 6.04 Å². The molecule has 2 amide bonds. The van der Waals surface area contributed by atoms with Gasteiger partial charge in [-0.3, -0.25) is 9.59 Å². The van der Waals surface area contributed by atoms with Crippen molar-refractivity contribution in [2.45, 2.75) is 39.8 Å². The summed E-state index contributed by atoms with van der Waals surface area (Å²) < 4.78 is 6.60. The van der Waals surface area contributed by atoms with Crippen LogP contribution in [0.4, 0.5) is 0 Å². The lowest BCUT2D eigenvalue weighted by molar-refractivity contribution is -0.142. The number of halogens is 1. The lowest BCUT2D eigenvalue weighted by atomic mass is 10.1. The Morgan fingerprint density at radius 3 is 2.39 bits per heavy atom. The fourth-order valence-electron chi connectivity index (χ4n) is 2.94. The van der Waals surface area contributed by atoms with E-state index in [0.717, 1.165) is 15.6 Å². The molecule has 2 aromatic rings. The van der Waals surface area contributed by atoms with Gasteiger partial charge in [-0.25, -0.2) is 0 Å². The van der Waals surface area contributed by atoms with Crippen molar-refractivity contribution in [3.8, 4) is 5.75 Å². The Labute approximate surface area is 175 Å². The van der Waals surface area contributed by atoms with Gasteiger partial charge in [0, 0.05) is 17.6 Å². The Bertz CT molecular complexity index is 793. The number of nitrogens with one attached hydrogen (secondary N) is 1. The zero-order chi connectivity index (χ0) is 20.5. The molecular weight excluding hydrogens is 420 g/mol. The van der Waals surface area contributed by atoms with E-state index in [-0.39, 0.29) is 18.4 Å². The van der Waals surface area contributed by atoms with Crippen LogP contribution in [0.3, 0.4) is 0 Å². The van der Waals surface area contributed by atoms with E-state index in [2.05, 4.69) is 21.2 Å². The van der Waals surface area contributed by atoms with Gasteiger partial charge in [-0.05, 0) is 55.7 Å². The maximum Gasteiger partial charge on any atom is 0.261 e. The highest BCUT2D eigenvalue weighted by molar-refractivity contribution is 9.10. The predicted molar refractivity (Wildman–Crippen MR) is 114 cm³/mol. The van der Waals surface area contributed by atoms with Gasteiger partial charge >= 0.3 is 0 Å². The number of likely N-dealkylation sites (N-methyl/N-ethyl adjacent to an activating group) is 1. The standard InChI is InChI=1S/C22H27BrN2O3/c1-4-20(22(27)24-5-2)25(14-17-9-7-6-8-16(17)3)21(26)15-28-19-12-10-18(23)11-13-19/h6-13,20H,4-5,14-15H2,1-3H3,(H,24,27). The molecule has 0 aliphatic heterocycles. The Morgan fingerprint density at radius 1 is 1.11 bits per heavy atom. The number of carbonyl (C=O) groups excluding carboxylic acids is 2. The Balaban J connectivity index is 2.20. The maximum absolute atomic E-state index is 13.0. The number of hydrogen-bond acceptors (Lipinski definition) is 3. The van der Waals surface area contributed by atoms with Crippen LogP contribution in [-0.2, 0) is 16.1 Å². The molecule has 2 rings (SSSR count). The van der Waals surface area contributed by atoms with Gasteiger partial charge in [0.25, 0.3) is 5.91 Å². The zero-order valence-corrected chi connectivity index (χ0v) is 18.2.